The van der Waals surface area contributed by atoms with E-state index in [1.54, 1.807) is 52.7 Å². The lowest BCUT2D eigenvalue weighted by atomic mass is 9.84. The van der Waals surface area contributed by atoms with Crippen molar-refractivity contribution in [3.05, 3.63) is 142 Å². The smallest absolute Gasteiger partial charge is 0.403 e. The van der Waals surface area contributed by atoms with Crippen LogP contribution in [0.1, 0.15) is 42.4 Å². The zero-order chi connectivity index (χ0) is 41.2. The molecule has 8 rings (SSSR count). The summed E-state index contributed by atoms with van der Waals surface area (Å²) >= 11 is 11.9. The summed E-state index contributed by atoms with van der Waals surface area (Å²) in [5.41, 5.74) is 3.73. The van der Waals surface area contributed by atoms with E-state index in [2.05, 4.69) is 0 Å². The average Bonchev–Trinajstić information content (AvgIpc) is 3.58. The number of carbonyl (C=O) groups is 2. The van der Waals surface area contributed by atoms with Gasteiger partial charge < -0.3 is 10.3 Å². The number of nitrogens with zero attached hydrogens (tertiary/aromatic N) is 6. The van der Waals surface area contributed by atoms with Crippen molar-refractivity contribution in [2.75, 3.05) is 13.1 Å². The maximum Gasteiger partial charge on any atom is 0.403 e. The third-order valence-electron chi connectivity index (χ3n) is 10.3. The number of amides is 2. The molecule has 0 radical (unpaired) electrons. The van der Waals surface area contributed by atoms with Crippen LogP contribution in [-0.2, 0) is 28.2 Å². The Kier molecular flexibility index (Phi) is 11.7. The molecule has 1 aromatic heterocycles. The van der Waals surface area contributed by atoms with Gasteiger partial charge in [0, 0.05) is 36.2 Å². The Hall–Kier alpha value is -6.19. The lowest BCUT2D eigenvalue weighted by molar-refractivity contribution is -0.742. The Morgan fingerprint density at radius 2 is 1.05 bits per heavy atom. The van der Waals surface area contributed by atoms with Crippen molar-refractivity contribution in [2.24, 2.45) is 0 Å². The molecule has 2 saturated heterocycles. The molecule has 296 valence electrons. The highest BCUT2D eigenvalue weighted by atomic mass is 35.5. The molecule has 3 aliphatic heterocycles. The number of hydrogen-bond donors (Lipinski definition) is 2. The van der Waals surface area contributed by atoms with Crippen molar-refractivity contribution in [1.82, 2.24) is 19.4 Å². The fourth-order valence-electron chi connectivity index (χ4n) is 7.47. The highest BCUT2D eigenvalue weighted by molar-refractivity contribution is 6.31. The number of halogens is 2. The molecule has 0 unspecified atom stereocenters. The fraction of sp³-hybridized carbons (Fsp3) is 0.275. The first-order chi connectivity index (χ1) is 27.2. The largest absolute Gasteiger partial charge is 0.493 e. The van der Waals surface area contributed by atoms with E-state index >= 15 is 0 Å². The zero-order valence-corrected chi connectivity index (χ0v) is 32.4. The molecular weight excluding hydrogens is 779 g/mol. The number of fused-ring (bicyclic) bond motifs is 2. The summed E-state index contributed by atoms with van der Waals surface area (Å²) in [5.74, 6) is -1.49. The first-order valence-corrected chi connectivity index (χ1v) is 18.8. The lowest BCUT2D eigenvalue weighted by Gasteiger charge is -2.30. The van der Waals surface area contributed by atoms with Gasteiger partial charge >= 0.3 is 17.4 Å². The van der Waals surface area contributed by atoms with Gasteiger partial charge in [0.25, 0.3) is 10.6 Å². The van der Waals surface area contributed by atoms with Gasteiger partial charge in [-0.15, -0.1) is 10.1 Å². The second-order valence-electron chi connectivity index (χ2n) is 13.8. The summed E-state index contributed by atoms with van der Waals surface area (Å²) in [6.07, 6.45) is 3.37. The highest BCUT2D eigenvalue weighted by Crippen LogP contribution is 2.41. The summed E-state index contributed by atoms with van der Waals surface area (Å²) in [6.45, 7) is 5.60. The van der Waals surface area contributed by atoms with E-state index < -0.39 is 27.4 Å². The molecule has 2 N–H and O–H groups in total. The summed E-state index contributed by atoms with van der Waals surface area (Å²) in [7, 11) is 0. The van der Waals surface area contributed by atoms with E-state index in [4.69, 9.17) is 38.5 Å². The number of rotatable bonds is 5. The first kappa shape index (κ1) is 40.5. The third kappa shape index (κ3) is 7.67. The normalized spacial score (nSPS) is 15.4. The average molecular weight is 818 g/mol. The lowest BCUT2D eigenvalue weighted by Crippen LogP contribution is -2.48. The standard InChI is InChI=1S/C20H18ClN3O4.C20H19ClN2O2.HNO3/c1-13-4-5-15(14-6-8-16(21)9-7-14)12-17(13)20(24(27)28)18(25)22-10-2-3-11-23(22)19(20)26;1-13-4-5-15(14-6-8-16(21)9-7-14)12-17(13)18-19(24)22-10-2-3-11-23(22)20(18)25;2-1(3)4/h4-9,12H,2-3,10-11H2,1H3;4-9,12,24H,2-3,10-11H2,1H3;(H,2,3,4). The van der Waals surface area contributed by atoms with Gasteiger partial charge in [-0.2, -0.15) is 0 Å². The maximum absolute atomic E-state index is 13.2. The predicted octanol–water partition coefficient (Wildman–Crippen LogP) is 7.26. The van der Waals surface area contributed by atoms with Crippen LogP contribution in [0.3, 0.4) is 0 Å². The molecule has 15 nitrogen and oxygen atoms in total. The molecular formula is C40H38Cl2N6O9. The summed E-state index contributed by atoms with van der Waals surface area (Å²) in [6, 6.07) is 25.7. The van der Waals surface area contributed by atoms with Gasteiger partial charge in [-0.3, -0.25) is 29.2 Å². The van der Waals surface area contributed by atoms with E-state index in [9.17, 15) is 29.6 Å². The van der Waals surface area contributed by atoms with Crippen LogP contribution in [0, 0.1) is 34.1 Å². The van der Waals surface area contributed by atoms with E-state index in [1.807, 2.05) is 55.5 Å². The van der Waals surface area contributed by atoms with Crippen molar-refractivity contribution < 1.29 is 29.9 Å². The monoisotopic (exact) mass is 816 g/mol. The number of aryl methyl sites for hydroxylation is 2. The molecule has 4 heterocycles. The molecule has 0 bridgehead atoms. The van der Waals surface area contributed by atoms with Crippen molar-refractivity contribution >= 4 is 35.0 Å². The number of benzene rings is 4. The van der Waals surface area contributed by atoms with Gasteiger partial charge in [-0.05, 0) is 115 Å². The number of aromatic nitrogens is 2. The quantitative estimate of drug-likeness (QED) is 0.104. The highest BCUT2D eigenvalue weighted by Gasteiger charge is 2.70. The molecule has 0 atom stereocenters. The van der Waals surface area contributed by atoms with Crippen LogP contribution >= 0.6 is 23.2 Å². The fourth-order valence-corrected chi connectivity index (χ4v) is 7.72. The molecule has 0 saturated carbocycles. The van der Waals surface area contributed by atoms with Crippen molar-refractivity contribution in [3.63, 3.8) is 0 Å². The number of carbonyl (C=O) groups excluding carboxylic acids is 2. The summed E-state index contributed by atoms with van der Waals surface area (Å²) in [5, 5.41) is 40.3. The first-order valence-electron chi connectivity index (χ1n) is 18.0. The molecule has 0 aliphatic carbocycles. The predicted molar refractivity (Wildman–Crippen MR) is 212 cm³/mol. The minimum atomic E-state index is -2.43. The number of hydrogen-bond acceptors (Lipinski definition) is 8. The van der Waals surface area contributed by atoms with E-state index in [0.29, 0.717) is 65.8 Å². The van der Waals surface area contributed by atoms with Crippen LogP contribution in [0.25, 0.3) is 33.4 Å². The van der Waals surface area contributed by atoms with E-state index in [0.717, 1.165) is 40.7 Å². The van der Waals surface area contributed by atoms with E-state index in [1.165, 1.54) is 10.0 Å². The second-order valence-corrected chi connectivity index (χ2v) is 14.7. The topological polar surface area (TPSA) is 194 Å². The van der Waals surface area contributed by atoms with Gasteiger partial charge in [0.1, 0.15) is 5.56 Å². The van der Waals surface area contributed by atoms with Gasteiger partial charge in [-0.1, -0.05) is 71.7 Å². The zero-order valence-electron chi connectivity index (χ0n) is 30.9. The Labute approximate surface area is 336 Å². The number of hydrazine groups is 1. The van der Waals surface area contributed by atoms with Crippen LogP contribution in [0.2, 0.25) is 10.0 Å². The Morgan fingerprint density at radius 3 is 1.53 bits per heavy atom. The molecule has 3 aliphatic rings. The number of nitro groups is 1. The Morgan fingerprint density at radius 1 is 0.632 bits per heavy atom. The van der Waals surface area contributed by atoms with Gasteiger partial charge in [0.2, 0.25) is 5.88 Å². The molecule has 4 aromatic carbocycles. The minimum Gasteiger partial charge on any atom is -0.493 e. The maximum atomic E-state index is 13.2. The summed E-state index contributed by atoms with van der Waals surface area (Å²) < 4.78 is 3.36. The van der Waals surface area contributed by atoms with Crippen LogP contribution in [0.15, 0.2) is 89.7 Å². The third-order valence-corrected chi connectivity index (χ3v) is 10.8. The molecule has 2 amide bonds. The van der Waals surface area contributed by atoms with Crippen molar-refractivity contribution in [2.45, 2.75) is 58.2 Å². The second kappa shape index (κ2) is 16.5. The van der Waals surface area contributed by atoms with Crippen molar-refractivity contribution in [1.29, 1.82) is 0 Å². The molecule has 0 spiro atoms. The van der Waals surface area contributed by atoms with Crippen LogP contribution in [0.4, 0.5) is 0 Å². The van der Waals surface area contributed by atoms with Gasteiger partial charge in [-0.25, -0.2) is 14.7 Å². The SMILES string of the molecule is Cc1ccc(-c2ccc(Cl)cc2)cc1-c1c(O)n2n(c1=O)CCCC2.Cc1ccc(-c2ccc(Cl)cc2)cc1C1([N+](=O)[O-])C(=O)N2CCCCN2C1=O.O=[N+]([O-])O. The summed E-state index contributed by atoms with van der Waals surface area (Å²) in [4.78, 5) is 59.0. The van der Waals surface area contributed by atoms with Crippen molar-refractivity contribution in [3.8, 4) is 39.3 Å². The molecule has 2 fully saturated rings. The Bertz CT molecular complexity index is 2400. The van der Waals surface area contributed by atoms with Gasteiger partial charge in [0.05, 0.1) is 10.5 Å². The molecule has 57 heavy (non-hydrogen) atoms. The van der Waals surface area contributed by atoms with Crippen LogP contribution in [-0.4, -0.2) is 64.6 Å². The molecule has 17 heteroatoms. The van der Waals surface area contributed by atoms with Gasteiger partial charge in [0.15, 0.2) is 0 Å². The number of aromatic hydroxyl groups is 1. The Balaban J connectivity index is 0.000000177. The molecule has 5 aromatic rings. The van der Waals surface area contributed by atoms with Crippen LogP contribution < -0.4 is 5.56 Å². The van der Waals surface area contributed by atoms with E-state index in [-0.39, 0.29) is 17.0 Å². The van der Waals surface area contributed by atoms with Crippen LogP contribution in [0.5, 0.6) is 5.88 Å². The minimum absolute atomic E-state index is 0.0704.